The first kappa shape index (κ1) is 8.49. The molecular formula is C13H17N. The molecule has 0 bridgehead atoms. The Bertz CT molecular complexity index is 368. The molecule has 1 nitrogen and oxygen atoms in total. The van der Waals surface area contributed by atoms with Crippen LogP contribution in [0.4, 0.5) is 0 Å². The van der Waals surface area contributed by atoms with Crippen LogP contribution in [0.3, 0.4) is 0 Å². The summed E-state index contributed by atoms with van der Waals surface area (Å²) in [5.41, 5.74) is 12.4. The van der Waals surface area contributed by atoms with Crippen LogP contribution < -0.4 is 5.73 Å². The lowest BCUT2D eigenvalue weighted by Crippen LogP contribution is -2.12. The van der Waals surface area contributed by atoms with E-state index in [1.807, 2.05) is 0 Å². The molecule has 0 aliphatic heterocycles. The number of rotatable bonds is 0. The van der Waals surface area contributed by atoms with E-state index in [1.165, 1.54) is 43.2 Å². The van der Waals surface area contributed by atoms with E-state index in [1.54, 1.807) is 11.1 Å². The van der Waals surface area contributed by atoms with E-state index in [0.717, 1.165) is 6.42 Å². The third-order valence-corrected chi connectivity index (χ3v) is 3.76. The van der Waals surface area contributed by atoms with Gasteiger partial charge in [0.25, 0.3) is 0 Å². The molecular weight excluding hydrogens is 170 g/mol. The van der Waals surface area contributed by atoms with Crippen LogP contribution >= 0.6 is 0 Å². The lowest BCUT2D eigenvalue weighted by Gasteiger charge is -2.21. The van der Waals surface area contributed by atoms with Crippen molar-refractivity contribution in [3.8, 4) is 0 Å². The minimum atomic E-state index is 0.332. The Morgan fingerprint density at radius 1 is 1.00 bits per heavy atom. The van der Waals surface area contributed by atoms with Gasteiger partial charge in [-0.25, -0.2) is 0 Å². The van der Waals surface area contributed by atoms with Crippen molar-refractivity contribution in [1.82, 2.24) is 0 Å². The maximum absolute atomic E-state index is 6.17. The number of aryl methyl sites for hydroxylation is 2. The van der Waals surface area contributed by atoms with Gasteiger partial charge in [-0.3, -0.25) is 0 Å². The Balaban J connectivity index is 2.18. The van der Waals surface area contributed by atoms with Gasteiger partial charge in [0, 0.05) is 6.04 Å². The molecule has 2 N–H and O–H groups in total. The van der Waals surface area contributed by atoms with E-state index < -0.39 is 0 Å². The maximum atomic E-state index is 6.17. The van der Waals surface area contributed by atoms with Crippen LogP contribution in [0.1, 0.15) is 47.6 Å². The summed E-state index contributed by atoms with van der Waals surface area (Å²) in [7, 11) is 0. The monoisotopic (exact) mass is 187 g/mol. The zero-order valence-corrected chi connectivity index (χ0v) is 8.55. The normalized spacial score (nSPS) is 24.5. The maximum Gasteiger partial charge on any atom is 0.0303 e. The van der Waals surface area contributed by atoms with Gasteiger partial charge in [0.05, 0.1) is 0 Å². The summed E-state index contributed by atoms with van der Waals surface area (Å²) in [6.07, 6.45) is 7.62. The van der Waals surface area contributed by atoms with Crippen LogP contribution in [-0.4, -0.2) is 0 Å². The van der Waals surface area contributed by atoms with Crippen LogP contribution in [0.25, 0.3) is 0 Å². The Kier molecular flexibility index (Phi) is 1.88. The Morgan fingerprint density at radius 2 is 1.79 bits per heavy atom. The molecule has 0 saturated carbocycles. The van der Waals surface area contributed by atoms with Gasteiger partial charge in [0.15, 0.2) is 0 Å². The molecule has 2 aliphatic carbocycles. The number of fused-ring (bicyclic) bond motifs is 3. The molecule has 0 spiro atoms. The largest absolute Gasteiger partial charge is 0.324 e. The number of hydrogen-bond acceptors (Lipinski definition) is 1. The summed E-state index contributed by atoms with van der Waals surface area (Å²) in [4.78, 5) is 0. The molecule has 0 saturated heterocycles. The molecule has 0 radical (unpaired) electrons. The average Bonchev–Trinajstić information content (AvgIpc) is 2.61. The molecule has 0 heterocycles. The second kappa shape index (κ2) is 3.09. The minimum Gasteiger partial charge on any atom is -0.324 e. The highest BCUT2D eigenvalue weighted by atomic mass is 14.6. The van der Waals surface area contributed by atoms with E-state index in [9.17, 15) is 0 Å². The van der Waals surface area contributed by atoms with Crippen molar-refractivity contribution in [2.24, 2.45) is 5.73 Å². The Hall–Kier alpha value is -0.820. The summed E-state index contributed by atoms with van der Waals surface area (Å²) in [5, 5.41) is 0. The highest BCUT2D eigenvalue weighted by Crippen LogP contribution is 2.36. The van der Waals surface area contributed by atoms with Crippen molar-refractivity contribution in [1.29, 1.82) is 0 Å². The van der Waals surface area contributed by atoms with Crippen molar-refractivity contribution >= 4 is 0 Å². The van der Waals surface area contributed by atoms with Crippen LogP contribution in [-0.2, 0) is 19.3 Å². The zero-order valence-electron chi connectivity index (χ0n) is 8.55. The van der Waals surface area contributed by atoms with Crippen molar-refractivity contribution in [3.05, 3.63) is 34.4 Å². The molecule has 0 aromatic heterocycles. The molecule has 1 atom stereocenters. The Morgan fingerprint density at radius 3 is 2.71 bits per heavy atom. The third-order valence-electron chi connectivity index (χ3n) is 3.76. The topological polar surface area (TPSA) is 26.0 Å². The van der Waals surface area contributed by atoms with E-state index >= 15 is 0 Å². The molecule has 0 unspecified atom stereocenters. The van der Waals surface area contributed by atoms with Gasteiger partial charge in [0.1, 0.15) is 0 Å². The number of nitrogens with two attached hydrogens (primary N) is 1. The first-order chi connectivity index (χ1) is 6.86. The highest BCUT2D eigenvalue weighted by Gasteiger charge is 2.24. The molecule has 1 heteroatoms. The lowest BCUT2D eigenvalue weighted by molar-refractivity contribution is 0.658. The minimum absolute atomic E-state index is 0.332. The summed E-state index contributed by atoms with van der Waals surface area (Å²) >= 11 is 0. The van der Waals surface area contributed by atoms with E-state index in [4.69, 9.17) is 5.73 Å². The fourth-order valence-corrected chi connectivity index (χ4v) is 3.04. The van der Waals surface area contributed by atoms with Gasteiger partial charge < -0.3 is 5.73 Å². The van der Waals surface area contributed by atoms with Crippen molar-refractivity contribution in [2.45, 2.75) is 44.6 Å². The van der Waals surface area contributed by atoms with Crippen molar-refractivity contribution in [2.75, 3.05) is 0 Å². The summed E-state index contributed by atoms with van der Waals surface area (Å²) in [6.45, 7) is 0. The molecule has 74 valence electrons. The first-order valence-corrected chi connectivity index (χ1v) is 5.75. The summed E-state index contributed by atoms with van der Waals surface area (Å²) in [5.74, 6) is 0. The zero-order chi connectivity index (χ0) is 9.54. The fraction of sp³-hybridized carbons (Fsp3) is 0.538. The van der Waals surface area contributed by atoms with E-state index in [0.29, 0.717) is 6.04 Å². The molecule has 1 aromatic carbocycles. The molecule has 1 aromatic rings. The average molecular weight is 187 g/mol. The lowest BCUT2D eigenvalue weighted by atomic mass is 9.86. The molecule has 14 heavy (non-hydrogen) atoms. The van der Waals surface area contributed by atoms with Gasteiger partial charge in [-0.05, 0) is 60.8 Å². The SMILES string of the molecule is N[C@H]1CCc2ccc3c(c21)CCCC3. The van der Waals surface area contributed by atoms with E-state index in [2.05, 4.69) is 12.1 Å². The van der Waals surface area contributed by atoms with Crippen LogP contribution in [0.2, 0.25) is 0 Å². The molecule has 3 rings (SSSR count). The van der Waals surface area contributed by atoms with Crippen LogP contribution in [0.5, 0.6) is 0 Å². The second-order valence-corrected chi connectivity index (χ2v) is 4.63. The molecule has 2 aliphatic rings. The summed E-state index contributed by atoms with van der Waals surface area (Å²) in [6, 6.07) is 4.98. The third kappa shape index (κ3) is 1.12. The fourth-order valence-electron chi connectivity index (χ4n) is 3.04. The number of hydrogen-bond donors (Lipinski definition) is 1. The standard InChI is InChI=1S/C13H17N/c14-12-8-7-10-6-5-9-3-1-2-4-11(9)13(10)12/h5-6,12H,1-4,7-8,14H2/t12-/m0/s1. The van der Waals surface area contributed by atoms with Gasteiger partial charge in [0.2, 0.25) is 0 Å². The van der Waals surface area contributed by atoms with Gasteiger partial charge in [-0.15, -0.1) is 0 Å². The van der Waals surface area contributed by atoms with Gasteiger partial charge in [-0.1, -0.05) is 12.1 Å². The number of benzene rings is 1. The van der Waals surface area contributed by atoms with E-state index in [-0.39, 0.29) is 0 Å². The predicted octanol–water partition coefficient (Wildman–Crippen LogP) is 2.51. The van der Waals surface area contributed by atoms with Gasteiger partial charge in [-0.2, -0.15) is 0 Å². The van der Waals surface area contributed by atoms with Crippen LogP contribution in [0.15, 0.2) is 12.1 Å². The van der Waals surface area contributed by atoms with Crippen molar-refractivity contribution in [3.63, 3.8) is 0 Å². The first-order valence-electron chi connectivity index (χ1n) is 5.75. The van der Waals surface area contributed by atoms with Crippen LogP contribution in [0, 0.1) is 0 Å². The summed E-state index contributed by atoms with van der Waals surface area (Å²) < 4.78 is 0. The predicted molar refractivity (Wildman–Crippen MR) is 58.3 cm³/mol. The second-order valence-electron chi connectivity index (χ2n) is 4.63. The molecule has 0 amide bonds. The smallest absolute Gasteiger partial charge is 0.0303 e. The Labute approximate surface area is 85.3 Å². The molecule has 0 fully saturated rings. The van der Waals surface area contributed by atoms with Crippen molar-refractivity contribution < 1.29 is 0 Å². The highest BCUT2D eigenvalue weighted by molar-refractivity contribution is 5.46. The quantitative estimate of drug-likeness (QED) is 0.663. The van der Waals surface area contributed by atoms with Gasteiger partial charge >= 0.3 is 0 Å².